The number of carbonyl (C=O) groups is 2. The van der Waals surface area contributed by atoms with Crippen molar-refractivity contribution in [3.63, 3.8) is 0 Å². The van der Waals surface area contributed by atoms with Gasteiger partial charge in [-0.25, -0.2) is 8.42 Å². The first-order chi connectivity index (χ1) is 21.7. The molecule has 1 N–H and O–H groups in total. The molecule has 4 aromatic carbocycles. The summed E-state index contributed by atoms with van der Waals surface area (Å²) in [5.74, 6) is -0.721. The second kappa shape index (κ2) is 14.8. The zero-order valence-corrected chi connectivity index (χ0v) is 26.9. The van der Waals surface area contributed by atoms with E-state index in [-0.39, 0.29) is 29.8 Å². The van der Waals surface area contributed by atoms with Gasteiger partial charge in [0.15, 0.2) is 0 Å². The maximum absolute atomic E-state index is 14.6. The van der Waals surface area contributed by atoms with Crippen molar-refractivity contribution in [3.05, 3.63) is 131 Å². The number of hydrogen-bond donors (Lipinski definition) is 1. The Balaban J connectivity index is 1.56. The molecule has 0 unspecified atom stereocenters. The van der Waals surface area contributed by atoms with Crippen molar-refractivity contribution in [1.29, 1.82) is 0 Å². The van der Waals surface area contributed by atoms with Gasteiger partial charge >= 0.3 is 0 Å². The number of halogens is 1. The number of benzene rings is 4. The molecule has 0 radical (unpaired) electrons. The third-order valence-electron chi connectivity index (χ3n) is 8.30. The van der Waals surface area contributed by atoms with Crippen LogP contribution in [0.15, 0.2) is 114 Å². The van der Waals surface area contributed by atoms with Crippen molar-refractivity contribution in [1.82, 2.24) is 10.2 Å². The molecule has 0 saturated heterocycles. The van der Waals surface area contributed by atoms with Crippen LogP contribution in [0.3, 0.4) is 0 Å². The maximum atomic E-state index is 14.6. The first kappa shape index (κ1) is 32.3. The Labute approximate surface area is 270 Å². The van der Waals surface area contributed by atoms with Crippen LogP contribution in [0.1, 0.15) is 42.4 Å². The molecule has 9 heteroatoms. The highest BCUT2D eigenvalue weighted by Gasteiger charge is 2.35. The van der Waals surface area contributed by atoms with Gasteiger partial charge in [-0.1, -0.05) is 97.2 Å². The highest BCUT2D eigenvalue weighted by atomic mass is 35.5. The van der Waals surface area contributed by atoms with E-state index >= 15 is 0 Å². The molecule has 7 nitrogen and oxygen atoms in total. The van der Waals surface area contributed by atoms with Crippen LogP contribution < -0.4 is 9.62 Å². The van der Waals surface area contributed by atoms with Crippen LogP contribution in [-0.2, 0) is 32.6 Å². The van der Waals surface area contributed by atoms with Crippen molar-refractivity contribution in [2.75, 3.05) is 10.8 Å². The molecular weight excluding hydrogens is 606 g/mol. The lowest BCUT2D eigenvalue weighted by molar-refractivity contribution is -0.140. The molecule has 5 rings (SSSR count). The van der Waals surface area contributed by atoms with E-state index < -0.39 is 28.5 Å². The van der Waals surface area contributed by atoms with Gasteiger partial charge in [-0.3, -0.25) is 13.9 Å². The molecule has 1 atom stereocenters. The summed E-state index contributed by atoms with van der Waals surface area (Å²) >= 11 is 6.06. The van der Waals surface area contributed by atoms with Crippen LogP contribution in [0, 0.1) is 6.92 Å². The first-order valence-corrected chi connectivity index (χ1v) is 17.1. The van der Waals surface area contributed by atoms with Crippen molar-refractivity contribution in [3.8, 4) is 0 Å². The quantitative estimate of drug-likeness (QED) is 0.190. The largest absolute Gasteiger partial charge is 0.352 e. The van der Waals surface area contributed by atoms with E-state index in [1.807, 2.05) is 61.5 Å². The number of para-hydroxylation sites is 1. The number of anilines is 1. The molecule has 0 spiro atoms. The number of nitrogens with zero attached hydrogens (tertiary/aromatic N) is 2. The molecule has 2 amide bonds. The smallest absolute Gasteiger partial charge is 0.264 e. The second-order valence-electron chi connectivity index (χ2n) is 11.4. The molecule has 0 bridgehead atoms. The zero-order chi connectivity index (χ0) is 31.8. The summed E-state index contributed by atoms with van der Waals surface area (Å²) in [6.07, 6.45) is 4.18. The molecule has 1 saturated carbocycles. The molecule has 1 aliphatic rings. The summed E-state index contributed by atoms with van der Waals surface area (Å²) < 4.78 is 29.3. The van der Waals surface area contributed by atoms with Crippen LogP contribution in [-0.4, -0.2) is 43.8 Å². The van der Waals surface area contributed by atoms with Crippen LogP contribution >= 0.6 is 11.6 Å². The van der Waals surface area contributed by atoms with Gasteiger partial charge in [-0.05, 0) is 72.9 Å². The first-order valence-electron chi connectivity index (χ1n) is 15.2. The van der Waals surface area contributed by atoms with Gasteiger partial charge in [0, 0.05) is 24.0 Å². The Morgan fingerprint density at radius 2 is 1.44 bits per heavy atom. The Bertz CT molecular complexity index is 1690. The number of sulfonamides is 1. The Morgan fingerprint density at radius 1 is 0.844 bits per heavy atom. The Morgan fingerprint density at radius 3 is 2.09 bits per heavy atom. The van der Waals surface area contributed by atoms with Gasteiger partial charge in [0.1, 0.15) is 12.6 Å². The third-order valence-corrected chi connectivity index (χ3v) is 10.3. The maximum Gasteiger partial charge on any atom is 0.264 e. The summed E-state index contributed by atoms with van der Waals surface area (Å²) in [6, 6.07) is 30.9. The van der Waals surface area contributed by atoms with E-state index in [0.717, 1.165) is 46.7 Å². The number of rotatable bonds is 12. The SMILES string of the molecule is Cc1ccccc1CN(C(=O)CN(c1ccccc1)S(=O)(=O)c1ccc(Cl)cc1)[C@@H](Cc1ccccc1)C(=O)NC1CCCC1. The fourth-order valence-corrected chi connectivity index (χ4v) is 7.29. The normalized spacial score (nSPS) is 14.1. The van der Waals surface area contributed by atoms with E-state index in [2.05, 4.69) is 5.32 Å². The fraction of sp³-hybridized carbons (Fsp3) is 0.278. The second-order valence-corrected chi connectivity index (χ2v) is 13.7. The van der Waals surface area contributed by atoms with Crippen LogP contribution in [0.25, 0.3) is 0 Å². The molecule has 0 aliphatic heterocycles. The summed E-state index contributed by atoms with van der Waals surface area (Å²) in [7, 11) is -4.18. The molecule has 1 fully saturated rings. The van der Waals surface area contributed by atoms with Crippen LogP contribution in [0.2, 0.25) is 5.02 Å². The lowest BCUT2D eigenvalue weighted by atomic mass is 10.0. The predicted octanol–water partition coefficient (Wildman–Crippen LogP) is 6.54. The monoisotopic (exact) mass is 643 g/mol. The van der Waals surface area contributed by atoms with Gasteiger partial charge in [-0.15, -0.1) is 0 Å². The summed E-state index contributed by atoms with van der Waals surface area (Å²) in [6.45, 7) is 1.61. The van der Waals surface area contributed by atoms with Gasteiger partial charge in [-0.2, -0.15) is 0 Å². The van der Waals surface area contributed by atoms with E-state index in [9.17, 15) is 18.0 Å². The Hall–Kier alpha value is -4.14. The molecule has 4 aromatic rings. The van der Waals surface area contributed by atoms with E-state index in [4.69, 9.17) is 11.6 Å². The van der Waals surface area contributed by atoms with Gasteiger partial charge in [0.2, 0.25) is 11.8 Å². The average molecular weight is 644 g/mol. The minimum absolute atomic E-state index is 0.00817. The van der Waals surface area contributed by atoms with Crippen molar-refractivity contribution >= 4 is 39.1 Å². The number of nitrogens with one attached hydrogen (secondary N) is 1. The van der Waals surface area contributed by atoms with Gasteiger partial charge in [0.25, 0.3) is 10.0 Å². The standard InChI is InChI=1S/C36H38ClN3O4S/c1-27-12-8-9-15-29(27)25-39(34(24-28-13-4-2-5-14-28)36(42)38-31-16-10-11-17-31)35(41)26-40(32-18-6-3-7-19-32)45(43,44)33-22-20-30(37)21-23-33/h2-9,12-15,18-23,31,34H,10-11,16-17,24-26H2,1H3,(H,38,42)/t34-/m0/s1. The predicted molar refractivity (Wildman–Crippen MR) is 178 cm³/mol. The molecule has 234 valence electrons. The molecule has 0 aromatic heterocycles. The van der Waals surface area contributed by atoms with E-state index in [0.29, 0.717) is 10.7 Å². The molecule has 45 heavy (non-hydrogen) atoms. The summed E-state index contributed by atoms with van der Waals surface area (Å²) in [5.41, 5.74) is 3.09. The van der Waals surface area contributed by atoms with Gasteiger partial charge in [0.05, 0.1) is 10.6 Å². The van der Waals surface area contributed by atoms with Crippen molar-refractivity contribution < 1.29 is 18.0 Å². The summed E-state index contributed by atoms with van der Waals surface area (Å²) in [4.78, 5) is 30.2. The molecule has 0 heterocycles. The topological polar surface area (TPSA) is 86.8 Å². The van der Waals surface area contributed by atoms with Gasteiger partial charge < -0.3 is 10.2 Å². The number of hydrogen-bond acceptors (Lipinski definition) is 4. The summed E-state index contributed by atoms with van der Waals surface area (Å²) in [5, 5.41) is 3.60. The number of aryl methyl sites for hydroxylation is 1. The zero-order valence-electron chi connectivity index (χ0n) is 25.3. The number of carbonyl (C=O) groups excluding carboxylic acids is 2. The number of amides is 2. The third kappa shape index (κ3) is 8.12. The van der Waals surface area contributed by atoms with Crippen LogP contribution in [0.5, 0.6) is 0 Å². The highest BCUT2D eigenvalue weighted by Crippen LogP contribution is 2.26. The van der Waals surface area contributed by atoms with Crippen LogP contribution in [0.4, 0.5) is 5.69 Å². The van der Waals surface area contributed by atoms with Crippen molar-refractivity contribution in [2.45, 2.75) is 62.6 Å². The molecular formula is C36H38ClN3O4S. The Kier molecular flexibility index (Phi) is 10.6. The minimum Gasteiger partial charge on any atom is -0.352 e. The minimum atomic E-state index is -4.18. The average Bonchev–Trinajstić information content (AvgIpc) is 3.56. The highest BCUT2D eigenvalue weighted by molar-refractivity contribution is 7.92. The van der Waals surface area contributed by atoms with E-state index in [1.165, 1.54) is 24.3 Å². The van der Waals surface area contributed by atoms with E-state index in [1.54, 1.807) is 35.2 Å². The fourth-order valence-electron chi connectivity index (χ4n) is 5.75. The lowest BCUT2D eigenvalue weighted by Crippen LogP contribution is -2.54. The molecule has 1 aliphatic carbocycles. The van der Waals surface area contributed by atoms with Crippen molar-refractivity contribution in [2.24, 2.45) is 0 Å². The lowest BCUT2D eigenvalue weighted by Gasteiger charge is -2.34.